The quantitative estimate of drug-likeness (QED) is 0.792. The molecule has 2 rings (SSSR count). The predicted molar refractivity (Wildman–Crippen MR) is 61.5 cm³/mol. The molecule has 86 valence electrons. The van der Waals surface area contributed by atoms with Crippen LogP contribution >= 0.6 is 0 Å². The number of nitrogens with zero attached hydrogens (tertiary/aromatic N) is 1. The Morgan fingerprint density at radius 1 is 1.56 bits per heavy atom. The molecule has 1 aliphatic heterocycles. The number of aryl methyl sites for hydroxylation is 1. The minimum Gasteiger partial charge on any atom is -0.369 e. The van der Waals surface area contributed by atoms with E-state index in [0.29, 0.717) is 6.54 Å². The van der Waals surface area contributed by atoms with Gasteiger partial charge >= 0.3 is 0 Å². The van der Waals surface area contributed by atoms with Crippen LogP contribution in [0.15, 0.2) is 18.2 Å². The van der Waals surface area contributed by atoms with Gasteiger partial charge < -0.3 is 5.73 Å². The Balaban J connectivity index is 2.37. The standard InChI is InChI=1S/C12H16N2O2/c1-8(12(13)15)10-5-4-9-3-2-6-14(16)11(9)7-10/h4-5,7-8,16H,2-3,6H2,1H3,(H2,13,15)/t8-/m1/s1. The molecule has 0 aromatic heterocycles. The fourth-order valence-corrected chi connectivity index (χ4v) is 2.01. The van der Waals surface area contributed by atoms with Gasteiger partial charge in [0.2, 0.25) is 5.91 Å². The fraction of sp³-hybridized carbons (Fsp3) is 0.417. The third kappa shape index (κ3) is 1.88. The van der Waals surface area contributed by atoms with Crippen LogP contribution in [-0.4, -0.2) is 17.7 Å². The summed E-state index contributed by atoms with van der Waals surface area (Å²) in [4.78, 5) is 11.1. The Kier molecular flexibility index (Phi) is 2.83. The van der Waals surface area contributed by atoms with Gasteiger partial charge in [-0.2, -0.15) is 0 Å². The van der Waals surface area contributed by atoms with Crippen LogP contribution in [0.2, 0.25) is 0 Å². The largest absolute Gasteiger partial charge is 0.369 e. The zero-order valence-electron chi connectivity index (χ0n) is 9.31. The number of primary amides is 1. The lowest BCUT2D eigenvalue weighted by Crippen LogP contribution is -2.26. The van der Waals surface area contributed by atoms with E-state index in [4.69, 9.17) is 5.73 Å². The predicted octanol–water partition coefficient (Wildman–Crippen LogP) is 1.42. The van der Waals surface area contributed by atoms with Crippen molar-refractivity contribution in [2.75, 3.05) is 11.6 Å². The summed E-state index contributed by atoms with van der Waals surface area (Å²) in [7, 11) is 0. The van der Waals surface area contributed by atoms with Gasteiger partial charge in [-0.3, -0.25) is 15.1 Å². The SMILES string of the molecule is C[C@@H](C(N)=O)c1ccc2c(c1)N(O)CCC2. The number of anilines is 1. The molecule has 1 atom stereocenters. The van der Waals surface area contributed by atoms with Crippen molar-refractivity contribution >= 4 is 11.6 Å². The van der Waals surface area contributed by atoms with E-state index in [2.05, 4.69) is 0 Å². The number of amides is 1. The van der Waals surface area contributed by atoms with Crippen LogP contribution in [0.1, 0.15) is 30.4 Å². The van der Waals surface area contributed by atoms with Gasteiger partial charge in [-0.1, -0.05) is 12.1 Å². The molecule has 1 heterocycles. The van der Waals surface area contributed by atoms with Crippen LogP contribution in [0.5, 0.6) is 0 Å². The van der Waals surface area contributed by atoms with Crippen molar-refractivity contribution in [1.82, 2.24) is 0 Å². The van der Waals surface area contributed by atoms with Gasteiger partial charge in [0.15, 0.2) is 0 Å². The molecule has 0 aliphatic carbocycles. The number of carbonyl (C=O) groups excluding carboxylic acids is 1. The van der Waals surface area contributed by atoms with Crippen molar-refractivity contribution in [1.29, 1.82) is 0 Å². The monoisotopic (exact) mass is 220 g/mol. The van der Waals surface area contributed by atoms with E-state index >= 15 is 0 Å². The average Bonchev–Trinajstić information content (AvgIpc) is 2.28. The summed E-state index contributed by atoms with van der Waals surface area (Å²) in [5, 5.41) is 11.0. The molecule has 0 unspecified atom stereocenters. The summed E-state index contributed by atoms with van der Waals surface area (Å²) < 4.78 is 0. The molecular formula is C12H16N2O2. The molecule has 4 heteroatoms. The molecule has 0 bridgehead atoms. The molecule has 0 saturated carbocycles. The molecule has 1 amide bonds. The molecular weight excluding hydrogens is 204 g/mol. The summed E-state index contributed by atoms with van der Waals surface area (Å²) in [6.45, 7) is 2.41. The zero-order chi connectivity index (χ0) is 11.7. The van der Waals surface area contributed by atoms with Crippen LogP contribution in [-0.2, 0) is 11.2 Å². The van der Waals surface area contributed by atoms with Crippen molar-refractivity contribution in [3.05, 3.63) is 29.3 Å². The van der Waals surface area contributed by atoms with E-state index in [0.717, 1.165) is 29.7 Å². The van der Waals surface area contributed by atoms with Crippen LogP contribution in [0.3, 0.4) is 0 Å². The van der Waals surface area contributed by atoms with E-state index in [1.165, 1.54) is 5.06 Å². The second kappa shape index (κ2) is 4.14. The normalized spacial score (nSPS) is 16.8. The van der Waals surface area contributed by atoms with Crippen molar-refractivity contribution in [2.45, 2.75) is 25.7 Å². The maximum absolute atomic E-state index is 11.1. The lowest BCUT2D eigenvalue weighted by atomic mass is 9.95. The summed E-state index contributed by atoms with van der Waals surface area (Å²) >= 11 is 0. The van der Waals surface area contributed by atoms with E-state index in [-0.39, 0.29) is 11.8 Å². The number of hydrogen-bond acceptors (Lipinski definition) is 3. The van der Waals surface area contributed by atoms with Crippen LogP contribution in [0.25, 0.3) is 0 Å². The Bertz CT molecular complexity index is 417. The molecule has 0 fully saturated rings. The number of hydroxylamine groups is 1. The third-order valence-electron chi connectivity index (χ3n) is 3.13. The van der Waals surface area contributed by atoms with Gasteiger partial charge in [0, 0.05) is 6.54 Å². The van der Waals surface area contributed by atoms with Gasteiger partial charge in [-0.25, -0.2) is 0 Å². The third-order valence-corrected chi connectivity index (χ3v) is 3.13. The van der Waals surface area contributed by atoms with Crippen LogP contribution in [0, 0.1) is 0 Å². The van der Waals surface area contributed by atoms with E-state index in [1.54, 1.807) is 6.92 Å². The average molecular weight is 220 g/mol. The number of carbonyl (C=O) groups is 1. The van der Waals surface area contributed by atoms with Crippen LogP contribution < -0.4 is 10.8 Å². The Morgan fingerprint density at radius 2 is 2.31 bits per heavy atom. The fourth-order valence-electron chi connectivity index (χ4n) is 2.01. The Labute approximate surface area is 94.6 Å². The molecule has 16 heavy (non-hydrogen) atoms. The molecule has 1 aromatic rings. The number of hydrogen-bond donors (Lipinski definition) is 2. The molecule has 1 aromatic carbocycles. The van der Waals surface area contributed by atoms with E-state index < -0.39 is 0 Å². The topological polar surface area (TPSA) is 66.6 Å². The molecule has 0 saturated heterocycles. The minimum atomic E-state index is -0.347. The van der Waals surface area contributed by atoms with Gasteiger partial charge in [-0.05, 0) is 37.0 Å². The highest BCUT2D eigenvalue weighted by atomic mass is 16.5. The first-order valence-electron chi connectivity index (χ1n) is 5.48. The summed E-state index contributed by atoms with van der Waals surface area (Å²) in [5.41, 5.74) is 8.04. The molecule has 1 aliphatic rings. The van der Waals surface area contributed by atoms with Crippen LogP contribution in [0.4, 0.5) is 5.69 Å². The summed E-state index contributed by atoms with van der Waals surface area (Å²) in [6, 6.07) is 5.73. The second-order valence-electron chi connectivity index (χ2n) is 4.24. The highest BCUT2D eigenvalue weighted by Crippen LogP contribution is 2.29. The van der Waals surface area contributed by atoms with Gasteiger partial charge in [-0.15, -0.1) is 0 Å². The van der Waals surface area contributed by atoms with Gasteiger partial charge in [0.1, 0.15) is 0 Å². The van der Waals surface area contributed by atoms with E-state index in [1.807, 2.05) is 18.2 Å². The first-order valence-corrected chi connectivity index (χ1v) is 5.48. The van der Waals surface area contributed by atoms with Crippen molar-refractivity contribution in [3.63, 3.8) is 0 Å². The smallest absolute Gasteiger partial charge is 0.224 e. The Morgan fingerprint density at radius 3 is 3.00 bits per heavy atom. The highest BCUT2D eigenvalue weighted by Gasteiger charge is 2.18. The summed E-state index contributed by atoms with van der Waals surface area (Å²) in [5.74, 6) is -0.666. The minimum absolute atomic E-state index is 0.319. The van der Waals surface area contributed by atoms with Crippen molar-refractivity contribution < 1.29 is 10.0 Å². The highest BCUT2D eigenvalue weighted by molar-refractivity contribution is 5.82. The lowest BCUT2D eigenvalue weighted by molar-refractivity contribution is -0.119. The molecule has 0 radical (unpaired) electrons. The summed E-state index contributed by atoms with van der Waals surface area (Å²) in [6.07, 6.45) is 1.92. The first-order chi connectivity index (χ1) is 7.59. The Hall–Kier alpha value is -1.55. The number of rotatable bonds is 2. The zero-order valence-corrected chi connectivity index (χ0v) is 9.31. The van der Waals surface area contributed by atoms with Crippen molar-refractivity contribution in [2.24, 2.45) is 5.73 Å². The van der Waals surface area contributed by atoms with Gasteiger partial charge in [0.25, 0.3) is 0 Å². The first kappa shape index (κ1) is 11.0. The molecule has 0 spiro atoms. The maximum atomic E-state index is 11.1. The number of nitrogens with two attached hydrogens (primary N) is 1. The molecule has 3 N–H and O–H groups in total. The number of fused-ring (bicyclic) bond motifs is 1. The molecule has 4 nitrogen and oxygen atoms in total. The lowest BCUT2D eigenvalue weighted by Gasteiger charge is -2.26. The van der Waals surface area contributed by atoms with E-state index in [9.17, 15) is 10.0 Å². The maximum Gasteiger partial charge on any atom is 0.224 e. The second-order valence-corrected chi connectivity index (χ2v) is 4.24. The number of benzene rings is 1. The van der Waals surface area contributed by atoms with Crippen molar-refractivity contribution in [3.8, 4) is 0 Å². The van der Waals surface area contributed by atoms with Gasteiger partial charge in [0.05, 0.1) is 11.6 Å².